The minimum Gasteiger partial charge on any atom is -0.267 e. The molecule has 128 valence electrons. The fourth-order valence-corrected chi connectivity index (χ4v) is 3.97. The first-order valence-electron chi connectivity index (χ1n) is 8.62. The molecule has 0 atom stereocenters. The van der Waals surface area contributed by atoms with E-state index in [9.17, 15) is 9.59 Å². The largest absolute Gasteiger partial charge is 0.277 e. The highest BCUT2D eigenvalue weighted by Crippen LogP contribution is 2.37. The van der Waals surface area contributed by atoms with E-state index in [0.29, 0.717) is 17.7 Å². The minimum atomic E-state index is -0.206. The number of hydrazine groups is 1. The van der Waals surface area contributed by atoms with E-state index in [1.54, 1.807) is 0 Å². The quantitative estimate of drug-likeness (QED) is 0.561. The number of hydrogen-bond acceptors (Lipinski definition) is 4. The van der Waals surface area contributed by atoms with Gasteiger partial charge in [-0.05, 0) is 11.8 Å². The number of imide groups is 1. The lowest BCUT2D eigenvalue weighted by atomic mass is 9.91. The highest BCUT2D eigenvalue weighted by atomic mass is 32.1. The molecule has 0 unspecified atom stereocenters. The van der Waals surface area contributed by atoms with Gasteiger partial charge in [0.25, 0.3) is 11.8 Å². The summed E-state index contributed by atoms with van der Waals surface area (Å²) in [6.45, 7) is 9.09. The Morgan fingerprint density at radius 3 is 2.35 bits per heavy atom. The minimum absolute atomic E-state index is 0.122. The Kier molecular flexibility index (Phi) is 5.98. The number of nitrogens with zero attached hydrogens (tertiary/aromatic N) is 1. The molecule has 2 amide bonds. The van der Waals surface area contributed by atoms with Crippen molar-refractivity contribution in [1.29, 1.82) is 0 Å². The lowest BCUT2D eigenvalue weighted by Gasteiger charge is -2.19. The Labute approximate surface area is 143 Å². The van der Waals surface area contributed by atoms with E-state index in [4.69, 9.17) is 0 Å². The SMILES string of the molecule is CCCCCCCCNN1C(=O)c2csc(C(C)(C)C)c2C1=O. The number of thiophene rings is 1. The van der Waals surface area contributed by atoms with Crippen LogP contribution in [0, 0.1) is 0 Å². The summed E-state index contributed by atoms with van der Waals surface area (Å²) >= 11 is 1.51. The average Bonchev–Trinajstić information content (AvgIpc) is 3.01. The van der Waals surface area contributed by atoms with Crippen LogP contribution in [0.15, 0.2) is 5.38 Å². The maximum atomic E-state index is 12.6. The van der Waals surface area contributed by atoms with Crippen molar-refractivity contribution >= 4 is 23.2 Å². The fraction of sp³-hybridized carbons (Fsp3) is 0.667. The van der Waals surface area contributed by atoms with Gasteiger partial charge in [-0.25, -0.2) is 10.4 Å². The fourth-order valence-electron chi connectivity index (χ4n) is 2.84. The molecule has 0 aromatic carbocycles. The zero-order chi connectivity index (χ0) is 17.0. The average molecular weight is 337 g/mol. The smallest absolute Gasteiger partial charge is 0.267 e. The van der Waals surface area contributed by atoms with Gasteiger partial charge in [0.15, 0.2) is 0 Å². The maximum Gasteiger partial charge on any atom is 0.277 e. The van der Waals surface area contributed by atoms with Crippen LogP contribution >= 0.6 is 11.3 Å². The molecule has 0 radical (unpaired) electrons. The van der Waals surface area contributed by atoms with Crippen molar-refractivity contribution in [2.75, 3.05) is 6.54 Å². The Balaban J connectivity index is 1.90. The second-order valence-corrected chi connectivity index (χ2v) is 8.10. The van der Waals surface area contributed by atoms with Crippen LogP contribution < -0.4 is 5.43 Å². The van der Waals surface area contributed by atoms with Crippen LogP contribution in [0.4, 0.5) is 0 Å². The summed E-state index contributed by atoms with van der Waals surface area (Å²) in [6.07, 6.45) is 7.14. The molecule has 1 aliphatic heterocycles. The topological polar surface area (TPSA) is 49.4 Å². The van der Waals surface area contributed by atoms with Crippen LogP contribution in [0.25, 0.3) is 0 Å². The normalized spacial score (nSPS) is 14.7. The van der Waals surface area contributed by atoms with E-state index >= 15 is 0 Å². The lowest BCUT2D eigenvalue weighted by Crippen LogP contribution is -2.43. The number of fused-ring (bicyclic) bond motifs is 1. The molecule has 0 bridgehead atoms. The monoisotopic (exact) mass is 336 g/mol. The summed E-state index contributed by atoms with van der Waals surface area (Å²) in [7, 11) is 0. The number of carbonyl (C=O) groups excluding carboxylic acids is 2. The van der Waals surface area contributed by atoms with Gasteiger partial charge < -0.3 is 0 Å². The lowest BCUT2D eigenvalue weighted by molar-refractivity contribution is 0.0565. The Morgan fingerprint density at radius 2 is 1.70 bits per heavy atom. The molecule has 1 aromatic heterocycles. The first kappa shape index (κ1) is 18.1. The predicted molar refractivity (Wildman–Crippen MR) is 94.9 cm³/mol. The third-order valence-corrected chi connectivity index (χ3v) is 5.53. The van der Waals surface area contributed by atoms with Gasteiger partial charge in [-0.2, -0.15) is 0 Å². The second kappa shape index (κ2) is 7.58. The molecule has 1 aromatic rings. The number of carbonyl (C=O) groups is 2. The molecular weight excluding hydrogens is 308 g/mol. The number of rotatable bonds is 8. The molecule has 0 saturated carbocycles. The standard InChI is InChI=1S/C18H28N2O2S/c1-5-6-7-8-9-10-11-19-20-16(21)13-12-23-15(18(2,3)4)14(13)17(20)22/h12,19H,5-11H2,1-4H3. The molecule has 0 fully saturated rings. The Morgan fingerprint density at radius 1 is 1.04 bits per heavy atom. The van der Waals surface area contributed by atoms with Crippen molar-refractivity contribution in [1.82, 2.24) is 10.4 Å². The van der Waals surface area contributed by atoms with Crippen LogP contribution in [-0.2, 0) is 5.41 Å². The van der Waals surface area contributed by atoms with Crippen molar-refractivity contribution < 1.29 is 9.59 Å². The predicted octanol–water partition coefficient (Wildman–Crippen LogP) is 4.51. The van der Waals surface area contributed by atoms with Gasteiger partial charge in [-0.15, -0.1) is 11.3 Å². The molecule has 0 spiro atoms. The van der Waals surface area contributed by atoms with E-state index in [-0.39, 0.29) is 17.2 Å². The van der Waals surface area contributed by atoms with Crippen molar-refractivity contribution in [3.63, 3.8) is 0 Å². The summed E-state index contributed by atoms with van der Waals surface area (Å²) in [6, 6.07) is 0. The summed E-state index contributed by atoms with van der Waals surface area (Å²) in [4.78, 5) is 26.0. The van der Waals surface area contributed by atoms with Crippen LogP contribution in [0.1, 0.15) is 91.8 Å². The van der Waals surface area contributed by atoms with E-state index < -0.39 is 0 Å². The molecule has 5 heteroatoms. The summed E-state index contributed by atoms with van der Waals surface area (Å²) in [5, 5.41) is 3.03. The Hall–Kier alpha value is -1.20. The summed E-state index contributed by atoms with van der Waals surface area (Å²) < 4.78 is 0. The highest BCUT2D eigenvalue weighted by Gasteiger charge is 2.41. The molecule has 0 aliphatic carbocycles. The van der Waals surface area contributed by atoms with E-state index in [0.717, 1.165) is 17.7 Å². The summed E-state index contributed by atoms with van der Waals surface area (Å²) in [5.41, 5.74) is 4.06. The van der Waals surface area contributed by atoms with Crippen LogP contribution in [-0.4, -0.2) is 23.4 Å². The van der Waals surface area contributed by atoms with Gasteiger partial charge in [0.1, 0.15) is 0 Å². The molecule has 1 aliphatic rings. The highest BCUT2D eigenvalue weighted by molar-refractivity contribution is 7.11. The van der Waals surface area contributed by atoms with Crippen molar-refractivity contribution in [2.45, 2.75) is 71.6 Å². The molecule has 23 heavy (non-hydrogen) atoms. The van der Waals surface area contributed by atoms with Crippen LogP contribution in [0.5, 0.6) is 0 Å². The third kappa shape index (κ3) is 4.01. The van der Waals surface area contributed by atoms with Gasteiger partial charge in [-0.1, -0.05) is 59.8 Å². The second-order valence-electron chi connectivity index (χ2n) is 7.23. The van der Waals surface area contributed by atoms with Crippen molar-refractivity contribution in [2.24, 2.45) is 0 Å². The van der Waals surface area contributed by atoms with Gasteiger partial charge in [-0.3, -0.25) is 9.59 Å². The zero-order valence-corrected chi connectivity index (χ0v) is 15.5. The molecule has 2 rings (SSSR count). The molecule has 4 nitrogen and oxygen atoms in total. The van der Waals surface area contributed by atoms with Crippen molar-refractivity contribution in [3.8, 4) is 0 Å². The number of hydrogen-bond donors (Lipinski definition) is 1. The first-order valence-corrected chi connectivity index (χ1v) is 9.50. The van der Waals surface area contributed by atoms with Crippen LogP contribution in [0.3, 0.4) is 0 Å². The van der Waals surface area contributed by atoms with Gasteiger partial charge in [0.05, 0.1) is 11.1 Å². The molecular formula is C18H28N2O2S. The maximum absolute atomic E-state index is 12.6. The number of nitrogens with one attached hydrogen (secondary N) is 1. The molecule has 1 N–H and O–H groups in total. The van der Waals surface area contributed by atoms with Gasteiger partial charge in [0.2, 0.25) is 0 Å². The van der Waals surface area contributed by atoms with Crippen molar-refractivity contribution in [3.05, 3.63) is 21.4 Å². The first-order chi connectivity index (χ1) is 10.9. The Bertz CT molecular complexity index is 572. The number of unbranched alkanes of at least 4 members (excludes halogenated alkanes) is 5. The molecule has 0 saturated heterocycles. The molecule has 2 heterocycles. The number of amides is 2. The van der Waals surface area contributed by atoms with Gasteiger partial charge in [0, 0.05) is 16.8 Å². The third-order valence-electron chi connectivity index (χ3n) is 4.12. The van der Waals surface area contributed by atoms with Gasteiger partial charge >= 0.3 is 0 Å². The summed E-state index contributed by atoms with van der Waals surface area (Å²) in [5.74, 6) is -0.398. The zero-order valence-electron chi connectivity index (χ0n) is 14.7. The van der Waals surface area contributed by atoms with E-state index in [1.165, 1.54) is 42.0 Å². The van der Waals surface area contributed by atoms with E-state index in [1.807, 2.05) is 5.38 Å². The van der Waals surface area contributed by atoms with E-state index in [2.05, 4.69) is 33.1 Å². The van der Waals surface area contributed by atoms with Crippen LogP contribution in [0.2, 0.25) is 0 Å².